The number of rotatable bonds is 5. The van der Waals surface area contributed by atoms with Gasteiger partial charge in [0.15, 0.2) is 0 Å². The van der Waals surface area contributed by atoms with Gasteiger partial charge in [-0.15, -0.1) is 0 Å². The molecule has 1 heterocycles. The van der Waals surface area contributed by atoms with E-state index in [1.807, 2.05) is 30.5 Å². The van der Waals surface area contributed by atoms with Gasteiger partial charge in [0.2, 0.25) is 0 Å². The van der Waals surface area contributed by atoms with Crippen molar-refractivity contribution in [1.29, 1.82) is 0 Å². The van der Waals surface area contributed by atoms with Gasteiger partial charge in [-0.25, -0.2) is 0 Å². The maximum atomic E-state index is 9.00. The Labute approximate surface area is 181 Å². The van der Waals surface area contributed by atoms with E-state index in [2.05, 4.69) is 42.2 Å². The molecule has 6 heteroatoms. The summed E-state index contributed by atoms with van der Waals surface area (Å²) in [5.74, 6) is -0.513. The first-order chi connectivity index (χ1) is 10.9. The molecule has 1 N–H and O–H groups in total. The van der Waals surface area contributed by atoms with Crippen molar-refractivity contribution < 1.29 is 12.8 Å². The van der Waals surface area contributed by atoms with Gasteiger partial charge in [0.1, 0.15) is 0 Å². The Hall–Kier alpha value is -0.650. The molecule has 0 aliphatic rings. The van der Waals surface area contributed by atoms with E-state index in [-0.39, 0.29) is 40.6 Å². The summed E-state index contributed by atoms with van der Waals surface area (Å²) in [5.41, 5.74) is 2.39. The van der Waals surface area contributed by atoms with E-state index in [1.165, 1.54) is 5.56 Å². The second-order valence-electron chi connectivity index (χ2n) is 5.47. The molecule has 1 atom stereocenters. The summed E-state index contributed by atoms with van der Waals surface area (Å²) in [6.45, 7) is 2.11. The fourth-order valence-electron chi connectivity index (χ4n) is 2.15. The molecule has 1 aromatic heterocycles. The van der Waals surface area contributed by atoms with Crippen LogP contribution in [0.5, 0.6) is 0 Å². The van der Waals surface area contributed by atoms with Crippen LogP contribution in [0.4, 0.5) is 0 Å². The van der Waals surface area contributed by atoms with E-state index >= 15 is 0 Å². The van der Waals surface area contributed by atoms with E-state index in [1.54, 1.807) is 0 Å². The Bertz CT molecular complexity index is 598. The van der Waals surface area contributed by atoms with Gasteiger partial charge in [0, 0.05) is 29.8 Å². The summed E-state index contributed by atoms with van der Waals surface area (Å²) in [7, 11) is 4.19. The SMILES string of the molecule is CC(=O)O.CN(C)CCC(c1ccc(Cl)cc1)c1ccccn1.[Ca+2].[H-].[H-]. The number of hydrogen-bond acceptors (Lipinski definition) is 3. The second kappa shape index (κ2) is 12.7. The molecule has 24 heavy (non-hydrogen) atoms. The van der Waals surface area contributed by atoms with E-state index in [0.29, 0.717) is 5.92 Å². The van der Waals surface area contributed by atoms with Crippen molar-refractivity contribution in [2.24, 2.45) is 0 Å². The topological polar surface area (TPSA) is 53.4 Å². The molecule has 0 saturated carbocycles. The predicted molar refractivity (Wildman–Crippen MR) is 102 cm³/mol. The van der Waals surface area contributed by atoms with Gasteiger partial charge >= 0.3 is 37.7 Å². The van der Waals surface area contributed by atoms with E-state index in [4.69, 9.17) is 21.5 Å². The molecule has 0 radical (unpaired) electrons. The van der Waals surface area contributed by atoms with Crippen molar-refractivity contribution >= 4 is 55.3 Å². The van der Waals surface area contributed by atoms with Crippen molar-refractivity contribution in [3.8, 4) is 0 Å². The predicted octanol–water partition coefficient (Wildman–Crippen LogP) is 3.75. The molecular weight excluding hydrogens is 352 g/mol. The van der Waals surface area contributed by atoms with Crippen LogP contribution in [0.25, 0.3) is 0 Å². The van der Waals surface area contributed by atoms with Crippen LogP contribution >= 0.6 is 11.6 Å². The molecule has 0 bridgehead atoms. The number of nitrogens with zero attached hydrogens (tertiary/aromatic N) is 2. The third kappa shape index (κ3) is 9.60. The van der Waals surface area contributed by atoms with Crippen molar-refractivity contribution in [1.82, 2.24) is 9.88 Å². The third-order valence-electron chi connectivity index (χ3n) is 3.18. The first kappa shape index (κ1) is 23.3. The first-order valence-electron chi connectivity index (χ1n) is 7.40. The molecule has 0 fully saturated rings. The quantitative estimate of drug-likeness (QED) is 0.807. The zero-order chi connectivity index (χ0) is 17.2. The van der Waals surface area contributed by atoms with Gasteiger partial charge in [-0.2, -0.15) is 0 Å². The summed E-state index contributed by atoms with van der Waals surface area (Å²) in [6.07, 6.45) is 2.90. The summed E-state index contributed by atoms with van der Waals surface area (Å²) < 4.78 is 0. The number of carboxylic acids is 1. The van der Waals surface area contributed by atoms with Crippen LogP contribution in [0.2, 0.25) is 5.02 Å². The van der Waals surface area contributed by atoms with Crippen LogP contribution in [0.15, 0.2) is 48.7 Å². The monoisotopic (exact) mass is 376 g/mol. The van der Waals surface area contributed by atoms with Crippen LogP contribution in [-0.2, 0) is 4.79 Å². The summed E-state index contributed by atoms with van der Waals surface area (Å²) in [5, 5.41) is 8.19. The van der Waals surface area contributed by atoms with Crippen LogP contribution in [0.3, 0.4) is 0 Å². The average molecular weight is 377 g/mol. The number of carbonyl (C=O) groups is 1. The molecule has 0 saturated heterocycles. The minimum Gasteiger partial charge on any atom is -1.00 e. The molecule has 1 unspecified atom stereocenters. The van der Waals surface area contributed by atoms with Crippen LogP contribution < -0.4 is 0 Å². The summed E-state index contributed by atoms with van der Waals surface area (Å²) in [6, 6.07) is 14.2. The molecule has 1 aromatic carbocycles. The minimum atomic E-state index is -0.833. The van der Waals surface area contributed by atoms with Crippen LogP contribution in [0, 0.1) is 0 Å². The van der Waals surface area contributed by atoms with Crippen molar-refractivity contribution in [2.45, 2.75) is 19.3 Å². The van der Waals surface area contributed by atoms with Crippen molar-refractivity contribution in [2.75, 3.05) is 20.6 Å². The zero-order valence-electron chi connectivity index (χ0n) is 16.4. The fraction of sp³-hybridized carbons (Fsp3) is 0.333. The molecule has 128 valence electrons. The van der Waals surface area contributed by atoms with E-state index in [0.717, 1.165) is 30.6 Å². The number of benzene rings is 1. The number of aromatic nitrogens is 1. The maximum Gasteiger partial charge on any atom is 2.00 e. The number of aliphatic carboxylic acids is 1. The van der Waals surface area contributed by atoms with E-state index < -0.39 is 5.97 Å². The number of pyridine rings is 1. The molecule has 0 aliphatic carbocycles. The Morgan fingerprint density at radius 3 is 2.29 bits per heavy atom. The van der Waals surface area contributed by atoms with Gasteiger partial charge < -0.3 is 12.9 Å². The molecule has 0 spiro atoms. The largest absolute Gasteiger partial charge is 2.00 e. The normalized spacial score (nSPS) is 11.0. The molecule has 2 aromatic rings. The van der Waals surface area contributed by atoms with Crippen molar-refractivity contribution in [3.63, 3.8) is 0 Å². The van der Waals surface area contributed by atoms with Gasteiger partial charge in [-0.3, -0.25) is 9.78 Å². The smallest absolute Gasteiger partial charge is 1.00 e. The van der Waals surface area contributed by atoms with Gasteiger partial charge in [-0.1, -0.05) is 29.8 Å². The second-order valence-corrected chi connectivity index (χ2v) is 5.91. The molecule has 0 aliphatic heterocycles. The zero-order valence-corrected chi connectivity index (χ0v) is 17.4. The summed E-state index contributed by atoms with van der Waals surface area (Å²) in [4.78, 5) is 15.7. The number of halogens is 1. The van der Waals surface area contributed by atoms with E-state index in [9.17, 15) is 0 Å². The Morgan fingerprint density at radius 2 is 1.83 bits per heavy atom. The van der Waals surface area contributed by atoms with Gasteiger partial charge in [-0.05, 0) is 56.9 Å². The standard InChI is InChI=1S/C16H19ClN2.C2H4O2.Ca.2H/c1-19(2)12-10-15(16-5-3-4-11-18-16)13-6-8-14(17)9-7-13;1-2(3)4;;;/h3-9,11,15H,10,12H2,1-2H3;1H3,(H,3,4);;;/q;;+2;2*-1. The molecular formula is C18H25CaClN2O2. The van der Waals surface area contributed by atoms with Gasteiger partial charge in [0.25, 0.3) is 5.97 Å². The molecule has 4 nitrogen and oxygen atoms in total. The Morgan fingerprint density at radius 1 is 1.25 bits per heavy atom. The van der Waals surface area contributed by atoms with Crippen LogP contribution in [0.1, 0.15) is 33.4 Å². The fourth-order valence-corrected chi connectivity index (χ4v) is 2.28. The molecule has 0 amide bonds. The Kier molecular flexibility index (Phi) is 12.3. The number of carboxylic acid groups (broad SMARTS) is 1. The number of hydrogen-bond donors (Lipinski definition) is 1. The minimum absolute atomic E-state index is 0. The van der Waals surface area contributed by atoms with Crippen molar-refractivity contribution in [3.05, 3.63) is 64.9 Å². The summed E-state index contributed by atoms with van der Waals surface area (Å²) >= 11 is 5.97. The molecule has 2 rings (SSSR count). The maximum absolute atomic E-state index is 9.00. The van der Waals surface area contributed by atoms with Gasteiger partial charge in [0.05, 0.1) is 0 Å². The van der Waals surface area contributed by atoms with Crippen LogP contribution in [-0.4, -0.2) is 79.3 Å². The average Bonchev–Trinajstić information content (AvgIpc) is 2.49. The first-order valence-corrected chi connectivity index (χ1v) is 7.78. The third-order valence-corrected chi connectivity index (χ3v) is 3.43. The Balaban J connectivity index is -0.000000689.